The lowest BCUT2D eigenvalue weighted by Crippen LogP contribution is -2.49. The molecule has 2 rings (SSSR count). The van der Waals surface area contributed by atoms with Gasteiger partial charge in [0.2, 0.25) is 0 Å². The Morgan fingerprint density at radius 3 is 2.10 bits per heavy atom. The molecule has 1 atom stereocenters. The number of hydrazine groups is 1. The molecule has 2 nitrogen and oxygen atoms in total. The Kier molecular flexibility index (Phi) is 5.28. The van der Waals surface area contributed by atoms with Gasteiger partial charge in [-0.2, -0.15) is 0 Å². The molecule has 0 saturated heterocycles. The van der Waals surface area contributed by atoms with E-state index >= 15 is 0 Å². The molecule has 21 heavy (non-hydrogen) atoms. The number of halogens is 2. The molecule has 0 amide bonds. The molecule has 0 aliphatic rings. The number of hydrogen-bond donors (Lipinski definition) is 2. The van der Waals surface area contributed by atoms with E-state index in [0.29, 0.717) is 16.5 Å². The van der Waals surface area contributed by atoms with Gasteiger partial charge in [-0.25, -0.2) is 0 Å². The smallest absolute Gasteiger partial charge is 0.0453 e. The van der Waals surface area contributed by atoms with Crippen LogP contribution in [-0.2, 0) is 11.8 Å². The van der Waals surface area contributed by atoms with Gasteiger partial charge in [0.1, 0.15) is 0 Å². The third kappa shape index (κ3) is 3.58. The zero-order valence-electron chi connectivity index (χ0n) is 12.2. The Morgan fingerprint density at radius 2 is 1.57 bits per heavy atom. The summed E-state index contributed by atoms with van der Waals surface area (Å²) in [6, 6.07) is 15.9. The monoisotopic (exact) mass is 322 g/mol. The molecule has 0 fully saturated rings. The minimum absolute atomic E-state index is 0.0114. The SMILES string of the molecule is CC(C)(c1ccccc1)C(Cc1c(Cl)cccc1Cl)NN. The maximum absolute atomic E-state index is 6.27. The van der Waals surface area contributed by atoms with Crippen molar-refractivity contribution in [1.29, 1.82) is 0 Å². The summed E-state index contributed by atoms with van der Waals surface area (Å²) in [4.78, 5) is 0. The first-order chi connectivity index (χ1) is 9.96. The molecular formula is C17H20Cl2N2. The van der Waals surface area contributed by atoms with Crippen LogP contribution in [0.15, 0.2) is 48.5 Å². The summed E-state index contributed by atoms with van der Waals surface area (Å²) >= 11 is 12.5. The van der Waals surface area contributed by atoms with Gasteiger partial charge in [0.15, 0.2) is 0 Å². The molecule has 0 bridgehead atoms. The molecule has 112 valence electrons. The molecule has 0 aliphatic carbocycles. The first-order valence-corrected chi connectivity index (χ1v) is 7.67. The van der Waals surface area contributed by atoms with Gasteiger partial charge in [-0.05, 0) is 29.7 Å². The fraction of sp³-hybridized carbons (Fsp3) is 0.294. The van der Waals surface area contributed by atoms with Gasteiger partial charge < -0.3 is 0 Å². The number of rotatable bonds is 5. The number of nitrogens with two attached hydrogens (primary N) is 1. The van der Waals surface area contributed by atoms with Gasteiger partial charge in [-0.3, -0.25) is 11.3 Å². The lowest BCUT2D eigenvalue weighted by atomic mass is 9.75. The van der Waals surface area contributed by atoms with Crippen LogP contribution in [0.25, 0.3) is 0 Å². The summed E-state index contributed by atoms with van der Waals surface area (Å²) in [5, 5.41) is 1.35. The van der Waals surface area contributed by atoms with Crippen LogP contribution in [-0.4, -0.2) is 6.04 Å². The van der Waals surface area contributed by atoms with Crippen molar-refractivity contribution in [3.05, 3.63) is 69.7 Å². The number of nitrogens with one attached hydrogen (secondary N) is 1. The highest BCUT2D eigenvalue weighted by Crippen LogP contribution is 2.32. The van der Waals surface area contributed by atoms with Crippen LogP contribution in [0, 0.1) is 0 Å². The van der Waals surface area contributed by atoms with Crippen LogP contribution in [0.5, 0.6) is 0 Å². The average Bonchev–Trinajstić information content (AvgIpc) is 2.47. The van der Waals surface area contributed by atoms with E-state index in [0.717, 1.165) is 5.56 Å². The predicted octanol–water partition coefficient (Wildman–Crippen LogP) is 4.35. The summed E-state index contributed by atoms with van der Waals surface area (Å²) in [7, 11) is 0. The molecule has 0 saturated carbocycles. The number of benzene rings is 2. The Morgan fingerprint density at radius 1 is 1.00 bits per heavy atom. The Bertz CT molecular complexity index is 577. The molecule has 0 aromatic heterocycles. The topological polar surface area (TPSA) is 38.0 Å². The van der Waals surface area contributed by atoms with Crippen LogP contribution < -0.4 is 11.3 Å². The predicted molar refractivity (Wildman–Crippen MR) is 90.7 cm³/mol. The summed E-state index contributed by atoms with van der Waals surface area (Å²) in [6.45, 7) is 4.33. The lowest BCUT2D eigenvalue weighted by Gasteiger charge is -2.35. The highest BCUT2D eigenvalue weighted by molar-refractivity contribution is 6.36. The van der Waals surface area contributed by atoms with Crippen LogP contribution in [0.2, 0.25) is 10.0 Å². The van der Waals surface area contributed by atoms with Crippen molar-refractivity contribution in [3.63, 3.8) is 0 Å². The molecule has 4 heteroatoms. The second-order valence-electron chi connectivity index (χ2n) is 5.71. The van der Waals surface area contributed by atoms with E-state index in [1.165, 1.54) is 5.56 Å². The summed E-state index contributed by atoms with van der Waals surface area (Å²) in [5.41, 5.74) is 4.91. The van der Waals surface area contributed by atoms with E-state index in [2.05, 4.69) is 31.4 Å². The van der Waals surface area contributed by atoms with Gasteiger partial charge in [-0.15, -0.1) is 0 Å². The van der Waals surface area contributed by atoms with Crippen LogP contribution >= 0.6 is 23.2 Å². The first kappa shape index (κ1) is 16.3. The van der Waals surface area contributed by atoms with E-state index in [-0.39, 0.29) is 11.5 Å². The van der Waals surface area contributed by atoms with Crippen molar-refractivity contribution >= 4 is 23.2 Å². The molecule has 3 N–H and O–H groups in total. The average molecular weight is 323 g/mol. The fourth-order valence-corrected chi connectivity index (χ4v) is 3.07. The second kappa shape index (κ2) is 6.80. The molecule has 0 aliphatic heterocycles. The maximum Gasteiger partial charge on any atom is 0.0453 e. The van der Waals surface area contributed by atoms with Gasteiger partial charge in [0.25, 0.3) is 0 Å². The van der Waals surface area contributed by atoms with Crippen molar-refractivity contribution in [3.8, 4) is 0 Å². The van der Waals surface area contributed by atoms with Crippen molar-refractivity contribution in [1.82, 2.24) is 5.43 Å². The molecule has 1 unspecified atom stereocenters. The van der Waals surface area contributed by atoms with Crippen molar-refractivity contribution in [2.24, 2.45) is 5.84 Å². The molecule has 0 heterocycles. The van der Waals surface area contributed by atoms with E-state index < -0.39 is 0 Å². The third-order valence-corrected chi connectivity index (χ3v) is 4.77. The molecular weight excluding hydrogens is 303 g/mol. The van der Waals surface area contributed by atoms with E-state index in [1.54, 1.807) is 0 Å². The lowest BCUT2D eigenvalue weighted by molar-refractivity contribution is 0.342. The molecule has 2 aromatic rings. The highest BCUT2D eigenvalue weighted by Gasteiger charge is 2.31. The highest BCUT2D eigenvalue weighted by atomic mass is 35.5. The Hall–Kier alpha value is -1.06. The molecule has 0 spiro atoms. The number of hydrogen-bond acceptors (Lipinski definition) is 2. The van der Waals surface area contributed by atoms with E-state index in [4.69, 9.17) is 29.0 Å². The van der Waals surface area contributed by atoms with Crippen LogP contribution in [0.1, 0.15) is 25.0 Å². The summed E-state index contributed by atoms with van der Waals surface area (Å²) < 4.78 is 0. The van der Waals surface area contributed by atoms with Gasteiger partial charge >= 0.3 is 0 Å². The maximum atomic E-state index is 6.27. The summed E-state index contributed by atoms with van der Waals surface area (Å²) in [6.07, 6.45) is 0.664. The minimum atomic E-state index is -0.154. The standard InChI is InChI=1S/C17H20Cl2N2/c1-17(2,12-7-4-3-5-8-12)16(21-20)11-13-14(18)9-6-10-15(13)19/h3-10,16,21H,11,20H2,1-2H3. The van der Waals surface area contributed by atoms with Gasteiger partial charge in [-0.1, -0.05) is 73.4 Å². The first-order valence-electron chi connectivity index (χ1n) is 6.91. The van der Waals surface area contributed by atoms with Crippen molar-refractivity contribution in [2.45, 2.75) is 31.7 Å². The largest absolute Gasteiger partial charge is 0.271 e. The van der Waals surface area contributed by atoms with Crippen LogP contribution in [0.3, 0.4) is 0 Å². The van der Waals surface area contributed by atoms with Crippen molar-refractivity contribution < 1.29 is 0 Å². The second-order valence-corrected chi connectivity index (χ2v) is 6.53. The zero-order valence-corrected chi connectivity index (χ0v) is 13.7. The quantitative estimate of drug-likeness (QED) is 0.634. The van der Waals surface area contributed by atoms with E-state index in [1.807, 2.05) is 36.4 Å². The molecule has 0 radical (unpaired) electrons. The Labute approximate surface area is 136 Å². The van der Waals surface area contributed by atoms with Gasteiger partial charge in [0.05, 0.1) is 0 Å². The molecule has 2 aromatic carbocycles. The van der Waals surface area contributed by atoms with E-state index in [9.17, 15) is 0 Å². The fourth-order valence-electron chi connectivity index (χ4n) is 2.52. The van der Waals surface area contributed by atoms with Gasteiger partial charge in [0, 0.05) is 21.5 Å². The van der Waals surface area contributed by atoms with Crippen LogP contribution in [0.4, 0.5) is 0 Å². The third-order valence-electron chi connectivity index (χ3n) is 4.06. The minimum Gasteiger partial charge on any atom is -0.271 e. The zero-order chi connectivity index (χ0) is 15.5. The summed E-state index contributed by atoms with van der Waals surface area (Å²) in [5.74, 6) is 5.81. The van der Waals surface area contributed by atoms with Crippen molar-refractivity contribution in [2.75, 3.05) is 0 Å². The normalized spacial score (nSPS) is 13.2. The Balaban J connectivity index is 2.32.